The zero-order chi connectivity index (χ0) is 89.0. The van der Waals surface area contributed by atoms with Crippen molar-refractivity contribution < 1.29 is 13.3 Å². The highest BCUT2D eigenvalue weighted by molar-refractivity contribution is 6.13. The molecular formula is C123H87N7O3. The van der Waals surface area contributed by atoms with E-state index in [1.807, 2.05) is 79.0 Å². The molecule has 0 fully saturated rings. The van der Waals surface area contributed by atoms with E-state index in [-0.39, 0.29) is 16.2 Å². The van der Waals surface area contributed by atoms with Gasteiger partial charge in [-0.15, -0.1) is 0 Å². The lowest BCUT2D eigenvalue weighted by atomic mass is 9.73. The van der Waals surface area contributed by atoms with E-state index < -0.39 is 0 Å². The first-order chi connectivity index (χ1) is 65.4. The van der Waals surface area contributed by atoms with Crippen molar-refractivity contribution in [2.24, 2.45) is 0 Å². The van der Waals surface area contributed by atoms with Gasteiger partial charge in [0.2, 0.25) is 0 Å². The van der Waals surface area contributed by atoms with Gasteiger partial charge in [0.25, 0.3) is 0 Å². The van der Waals surface area contributed by atoms with Crippen molar-refractivity contribution in [2.45, 2.75) is 77.0 Å². The van der Waals surface area contributed by atoms with Crippen LogP contribution in [0.5, 0.6) is 0 Å². The molecule has 3 aliphatic rings. The second kappa shape index (κ2) is 30.9. The van der Waals surface area contributed by atoms with E-state index in [1.54, 1.807) is 0 Å². The Balaban J connectivity index is 0.000000108. The van der Waals surface area contributed by atoms with Crippen LogP contribution in [-0.2, 0) is 16.2 Å². The molecule has 27 rings (SSSR count). The molecular weight excluding hydrogens is 1620 g/mol. The third-order valence-corrected chi connectivity index (χ3v) is 28.9. The summed E-state index contributed by atoms with van der Waals surface area (Å²) in [5, 5.41) is 12.4. The van der Waals surface area contributed by atoms with Gasteiger partial charge in [-0.25, -0.2) is 29.9 Å². The zero-order valence-corrected chi connectivity index (χ0v) is 74.3. The van der Waals surface area contributed by atoms with Crippen LogP contribution in [0.1, 0.15) is 94.2 Å². The van der Waals surface area contributed by atoms with Gasteiger partial charge in [0.1, 0.15) is 39.2 Å². The Morgan fingerprint density at radius 1 is 0.241 bits per heavy atom. The average molecular weight is 1710 g/mol. The largest absolute Gasteiger partial charge is 0.456 e. The van der Waals surface area contributed by atoms with Crippen LogP contribution >= 0.6 is 0 Å². The van der Waals surface area contributed by atoms with Crippen LogP contribution in [0, 0.1) is 0 Å². The molecule has 10 nitrogen and oxygen atoms in total. The van der Waals surface area contributed by atoms with Gasteiger partial charge >= 0.3 is 0 Å². The van der Waals surface area contributed by atoms with E-state index >= 15 is 0 Å². The van der Waals surface area contributed by atoms with Gasteiger partial charge in [0.05, 0.1) is 33.6 Å². The number of hydrogen-bond donors (Lipinski definition) is 0. The number of furan rings is 3. The van der Waals surface area contributed by atoms with E-state index in [0.717, 1.165) is 169 Å². The summed E-state index contributed by atoms with van der Waals surface area (Å²) in [6.07, 6.45) is 4.82. The molecule has 0 bridgehead atoms. The molecule has 1 atom stereocenters. The van der Waals surface area contributed by atoms with Crippen molar-refractivity contribution in [1.82, 2.24) is 34.9 Å². The third kappa shape index (κ3) is 12.6. The first kappa shape index (κ1) is 78.8. The predicted molar refractivity (Wildman–Crippen MR) is 546 cm³/mol. The number of nitrogens with zero attached hydrogens (tertiary/aromatic N) is 7. The number of fused-ring (bicyclic) bond motifs is 24. The highest BCUT2D eigenvalue weighted by Gasteiger charge is 2.45. The molecule has 24 aromatic rings. The fourth-order valence-corrected chi connectivity index (χ4v) is 22.0. The van der Waals surface area contributed by atoms with Crippen molar-refractivity contribution in [2.75, 3.05) is 0 Å². The minimum atomic E-state index is -0.153. The molecule has 0 amide bonds. The molecule has 632 valence electrons. The number of benzene rings is 17. The van der Waals surface area contributed by atoms with Crippen molar-refractivity contribution in [3.8, 4) is 124 Å². The molecule has 10 heteroatoms. The minimum Gasteiger partial charge on any atom is -0.456 e. The van der Waals surface area contributed by atoms with Crippen molar-refractivity contribution in [3.63, 3.8) is 0 Å². The van der Waals surface area contributed by atoms with Gasteiger partial charge in [0, 0.05) is 110 Å². The van der Waals surface area contributed by atoms with Gasteiger partial charge in [-0.05, 0) is 211 Å². The Kier molecular flexibility index (Phi) is 18.3. The van der Waals surface area contributed by atoms with Crippen LogP contribution < -0.4 is 0 Å². The average Bonchev–Trinajstić information content (AvgIpc) is 1.55. The summed E-state index contributed by atoms with van der Waals surface area (Å²) in [6, 6.07) is 133. The molecule has 0 saturated heterocycles. The second-order valence-corrected chi connectivity index (χ2v) is 36.3. The number of hydrogen-bond acceptors (Lipinski definition) is 10. The molecule has 0 N–H and O–H groups in total. The Bertz CT molecular complexity index is 8890. The number of para-hydroxylation sites is 4. The summed E-state index contributed by atoms with van der Waals surface area (Å²) < 4.78 is 19.6. The Labute approximate surface area is 768 Å². The van der Waals surface area contributed by atoms with E-state index in [2.05, 4.69) is 350 Å². The number of rotatable bonds is 11. The van der Waals surface area contributed by atoms with Crippen LogP contribution in [0.3, 0.4) is 0 Å². The molecule has 7 aromatic heterocycles. The maximum Gasteiger partial charge on any atom is 0.160 e. The van der Waals surface area contributed by atoms with Crippen LogP contribution in [-0.4, -0.2) is 34.9 Å². The molecule has 0 aliphatic heterocycles. The van der Waals surface area contributed by atoms with Gasteiger partial charge in [-0.3, -0.25) is 4.98 Å². The van der Waals surface area contributed by atoms with Crippen LogP contribution in [0.25, 0.3) is 233 Å². The summed E-state index contributed by atoms with van der Waals surface area (Å²) in [5.74, 6) is 2.13. The summed E-state index contributed by atoms with van der Waals surface area (Å²) in [5.41, 5.74) is 37.0. The quantitative estimate of drug-likeness (QED) is 0.123. The Hall–Kier alpha value is -16.4. The Morgan fingerprint density at radius 2 is 0.707 bits per heavy atom. The molecule has 0 spiro atoms. The molecule has 0 radical (unpaired) electrons. The standard InChI is InChI=1S/C45H30N2O.C43H32N2O.C35H25N3O/c1-45(2)38-21-19-30(24-34(38)35-26-42-36(25-39(35)45)33-16-8-9-18-41(33)48-42)44-46-40-22-20-29(32-17-10-14-27-11-6-7-15-31(27)32)23-37(40)43(47-44)28-12-4-3-5-13-28;1-3-43(4-2)36-16-10-8-14-31(36)32-23-24-33-35-26-30(22-25-38(35)46-41(33)39(32)43)42-44-37-17-11-9-15-34(37)40(45-42)29-20-18-28(19-21-29)27-12-6-5-7-13-27;1-3-35(2)27-18-15-21(34-37-28-12-6-4-11-25(28)32(38-34)29-13-8-9-19-36-29)20-26(27)23-16-17-24-22-10-5-7-14-30(22)39-33(24)31(23)35/h3-26H,1-2H3;5-26H,3-4H2,1-2H3;4-20H,3H2,1-2H3. The van der Waals surface area contributed by atoms with Crippen LogP contribution in [0.15, 0.2) is 396 Å². The van der Waals surface area contributed by atoms with Gasteiger partial charge < -0.3 is 13.3 Å². The molecule has 133 heavy (non-hydrogen) atoms. The fourth-order valence-electron chi connectivity index (χ4n) is 22.0. The maximum absolute atomic E-state index is 6.75. The van der Waals surface area contributed by atoms with E-state index in [9.17, 15) is 0 Å². The predicted octanol–water partition coefficient (Wildman–Crippen LogP) is 32.6. The van der Waals surface area contributed by atoms with Gasteiger partial charge in [-0.2, -0.15) is 0 Å². The summed E-state index contributed by atoms with van der Waals surface area (Å²) in [7, 11) is 0. The Morgan fingerprint density at radius 3 is 1.40 bits per heavy atom. The maximum atomic E-state index is 6.75. The van der Waals surface area contributed by atoms with E-state index in [4.69, 9.17) is 43.2 Å². The van der Waals surface area contributed by atoms with E-state index in [0.29, 0.717) is 11.6 Å². The second-order valence-electron chi connectivity index (χ2n) is 36.3. The van der Waals surface area contributed by atoms with E-state index in [1.165, 1.54) is 105 Å². The van der Waals surface area contributed by atoms with Gasteiger partial charge in [0.15, 0.2) is 17.5 Å². The first-order valence-electron chi connectivity index (χ1n) is 46.1. The zero-order valence-electron chi connectivity index (χ0n) is 74.3. The highest BCUT2D eigenvalue weighted by Crippen LogP contribution is 2.59. The summed E-state index contributed by atoms with van der Waals surface area (Å²) >= 11 is 0. The van der Waals surface area contributed by atoms with Crippen molar-refractivity contribution in [3.05, 3.63) is 416 Å². The first-order valence-corrected chi connectivity index (χ1v) is 46.1. The monoisotopic (exact) mass is 1710 g/mol. The SMILES string of the molecule is CC1(C)c2ccc(-c3nc(-c4ccccc4)c4cc(-c5cccc6ccccc56)ccc4n3)cc2-c2cc3oc4ccccc4c3cc21.CCC1(C)c2ccc(-c3nc(-c4ccccn4)c4ccccc4n3)cc2-c2ccc3c(oc4ccccc43)c21.CCC1(CC)c2ccccc2-c2ccc3c(oc4ccc(-c5nc(-c6ccc(-c7ccccc7)cc6)c6ccccc6n5)cc43)c21. The topological polar surface area (TPSA) is 130 Å². The third-order valence-electron chi connectivity index (χ3n) is 28.9. The highest BCUT2D eigenvalue weighted by atomic mass is 16.3. The fraction of sp³-hybridized carbons (Fsp3) is 0.0976. The van der Waals surface area contributed by atoms with Crippen molar-refractivity contribution >= 4 is 109 Å². The molecule has 0 saturated carbocycles. The van der Waals surface area contributed by atoms with Crippen LogP contribution in [0.4, 0.5) is 0 Å². The summed E-state index contributed by atoms with van der Waals surface area (Å²) in [6.45, 7) is 13.9. The van der Waals surface area contributed by atoms with Crippen LogP contribution in [0.2, 0.25) is 0 Å². The van der Waals surface area contributed by atoms with Crippen molar-refractivity contribution in [1.29, 1.82) is 0 Å². The lowest BCUT2D eigenvalue weighted by molar-refractivity contribution is 0.486. The summed E-state index contributed by atoms with van der Waals surface area (Å²) in [4.78, 5) is 35.4. The van der Waals surface area contributed by atoms with Gasteiger partial charge in [-0.1, -0.05) is 315 Å². The molecule has 7 heterocycles. The normalized spacial score (nSPS) is 14.2. The lowest BCUT2D eigenvalue weighted by Gasteiger charge is -2.29. The smallest absolute Gasteiger partial charge is 0.160 e. The lowest BCUT2D eigenvalue weighted by Crippen LogP contribution is -2.23. The minimum absolute atomic E-state index is 0.0610. The number of pyridine rings is 1. The molecule has 3 aliphatic carbocycles. The molecule has 1 unspecified atom stereocenters. The number of aromatic nitrogens is 7. The molecule has 17 aromatic carbocycles.